The first kappa shape index (κ1) is 19.3. The zero-order valence-electron chi connectivity index (χ0n) is 14.2. The molecule has 0 radical (unpaired) electrons. The monoisotopic (exact) mass is 366 g/mol. The second-order valence-corrected chi connectivity index (χ2v) is 6.21. The number of carbonyl (C=O) groups excluding carboxylic acids is 2. The molecule has 2 N–H and O–H groups in total. The van der Waals surface area contributed by atoms with Gasteiger partial charge in [0.1, 0.15) is 18.4 Å². The van der Waals surface area contributed by atoms with Crippen molar-refractivity contribution in [1.29, 1.82) is 0 Å². The van der Waals surface area contributed by atoms with E-state index in [0.717, 1.165) is 24.9 Å². The highest BCUT2D eigenvalue weighted by Crippen LogP contribution is 2.26. The SMILES string of the molecule is C=CCOc1ccc(CC(NC(=O)C2CCCN2)C(=O)OC)cc1Cl. The predicted octanol–water partition coefficient (Wildman–Crippen LogP) is 1.86. The van der Waals surface area contributed by atoms with Crippen LogP contribution in [0.4, 0.5) is 0 Å². The summed E-state index contributed by atoms with van der Waals surface area (Å²) in [5.74, 6) is -0.140. The van der Waals surface area contributed by atoms with Crippen molar-refractivity contribution >= 4 is 23.5 Å². The minimum Gasteiger partial charge on any atom is -0.488 e. The number of carbonyl (C=O) groups is 2. The van der Waals surface area contributed by atoms with Crippen LogP contribution in [0.1, 0.15) is 18.4 Å². The number of amides is 1. The summed E-state index contributed by atoms with van der Waals surface area (Å²) < 4.78 is 10.2. The summed E-state index contributed by atoms with van der Waals surface area (Å²) in [6.07, 6.45) is 3.63. The summed E-state index contributed by atoms with van der Waals surface area (Å²) in [6.45, 7) is 4.75. The molecule has 136 valence electrons. The van der Waals surface area contributed by atoms with E-state index in [4.69, 9.17) is 21.1 Å². The summed E-state index contributed by atoms with van der Waals surface area (Å²) in [6, 6.07) is 4.23. The number of nitrogens with one attached hydrogen (secondary N) is 2. The molecule has 25 heavy (non-hydrogen) atoms. The fourth-order valence-electron chi connectivity index (χ4n) is 2.69. The third kappa shape index (κ3) is 5.47. The zero-order chi connectivity index (χ0) is 18.2. The number of benzene rings is 1. The molecule has 1 fully saturated rings. The molecule has 2 unspecified atom stereocenters. The molecule has 1 aromatic carbocycles. The molecule has 0 aliphatic carbocycles. The van der Waals surface area contributed by atoms with Gasteiger partial charge in [-0.2, -0.15) is 0 Å². The Bertz CT molecular complexity index is 630. The van der Waals surface area contributed by atoms with Crippen LogP contribution in [0.25, 0.3) is 0 Å². The number of rotatable bonds is 8. The second-order valence-electron chi connectivity index (χ2n) is 5.80. The largest absolute Gasteiger partial charge is 0.488 e. The Morgan fingerprint density at radius 1 is 1.52 bits per heavy atom. The Hall–Kier alpha value is -2.05. The van der Waals surface area contributed by atoms with Gasteiger partial charge in [-0.15, -0.1) is 0 Å². The van der Waals surface area contributed by atoms with E-state index in [1.165, 1.54) is 7.11 Å². The second kappa shape index (κ2) is 9.44. The van der Waals surface area contributed by atoms with E-state index in [1.807, 2.05) is 0 Å². The summed E-state index contributed by atoms with van der Waals surface area (Å²) in [5.41, 5.74) is 0.797. The van der Waals surface area contributed by atoms with Crippen LogP contribution in [0.2, 0.25) is 5.02 Å². The minimum absolute atomic E-state index is 0.190. The van der Waals surface area contributed by atoms with E-state index in [2.05, 4.69) is 17.2 Å². The molecule has 2 rings (SSSR count). The van der Waals surface area contributed by atoms with Gasteiger partial charge in [-0.3, -0.25) is 4.79 Å². The molecule has 7 heteroatoms. The Balaban J connectivity index is 2.05. The lowest BCUT2D eigenvalue weighted by Crippen LogP contribution is -2.49. The van der Waals surface area contributed by atoms with E-state index in [-0.39, 0.29) is 18.4 Å². The molecule has 2 atom stereocenters. The molecule has 1 aliphatic rings. The van der Waals surface area contributed by atoms with Crippen LogP contribution in [-0.2, 0) is 20.7 Å². The van der Waals surface area contributed by atoms with Crippen molar-refractivity contribution in [3.8, 4) is 5.75 Å². The van der Waals surface area contributed by atoms with Gasteiger partial charge in [0, 0.05) is 6.42 Å². The van der Waals surface area contributed by atoms with E-state index in [0.29, 0.717) is 17.4 Å². The van der Waals surface area contributed by atoms with Crippen molar-refractivity contribution in [2.75, 3.05) is 20.3 Å². The summed E-state index contributed by atoms with van der Waals surface area (Å²) in [4.78, 5) is 24.3. The van der Waals surface area contributed by atoms with Gasteiger partial charge < -0.3 is 20.1 Å². The van der Waals surface area contributed by atoms with Crippen LogP contribution in [0.3, 0.4) is 0 Å². The van der Waals surface area contributed by atoms with Gasteiger partial charge in [0.05, 0.1) is 18.2 Å². The smallest absolute Gasteiger partial charge is 0.328 e. The van der Waals surface area contributed by atoms with Gasteiger partial charge in [0.2, 0.25) is 5.91 Å². The standard InChI is InChI=1S/C18H23ClN2O4/c1-3-9-25-16-7-6-12(10-13(16)19)11-15(18(23)24-2)21-17(22)14-5-4-8-20-14/h3,6-7,10,14-15,20H,1,4-5,8-9,11H2,2H3,(H,21,22). The third-order valence-electron chi connectivity index (χ3n) is 3.97. The third-order valence-corrected chi connectivity index (χ3v) is 4.27. The quantitative estimate of drug-likeness (QED) is 0.542. The molecule has 0 saturated carbocycles. The normalized spacial score (nSPS) is 17.6. The zero-order valence-corrected chi connectivity index (χ0v) is 15.0. The highest BCUT2D eigenvalue weighted by molar-refractivity contribution is 6.32. The number of hydrogen-bond donors (Lipinski definition) is 2. The van der Waals surface area contributed by atoms with Crippen LogP contribution >= 0.6 is 11.6 Å². The van der Waals surface area contributed by atoms with E-state index in [9.17, 15) is 9.59 Å². The Kier molecular flexibility index (Phi) is 7.28. The van der Waals surface area contributed by atoms with E-state index < -0.39 is 12.0 Å². The van der Waals surface area contributed by atoms with Crippen molar-refractivity contribution in [1.82, 2.24) is 10.6 Å². The van der Waals surface area contributed by atoms with Crippen molar-refractivity contribution in [3.05, 3.63) is 41.4 Å². The van der Waals surface area contributed by atoms with Gasteiger partial charge in [0.15, 0.2) is 0 Å². The molecule has 1 aromatic rings. The number of halogens is 1. The van der Waals surface area contributed by atoms with Gasteiger partial charge in [-0.25, -0.2) is 4.79 Å². The lowest BCUT2D eigenvalue weighted by atomic mass is 10.0. The van der Waals surface area contributed by atoms with Gasteiger partial charge >= 0.3 is 5.97 Å². The fraction of sp³-hybridized carbons (Fsp3) is 0.444. The molecule has 1 saturated heterocycles. The van der Waals surface area contributed by atoms with Crippen LogP contribution in [-0.4, -0.2) is 44.2 Å². The Morgan fingerprint density at radius 2 is 2.32 bits per heavy atom. The fourth-order valence-corrected chi connectivity index (χ4v) is 2.95. The minimum atomic E-state index is -0.768. The topological polar surface area (TPSA) is 76.7 Å². The lowest BCUT2D eigenvalue weighted by molar-refractivity contribution is -0.145. The van der Waals surface area contributed by atoms with Gasteiger partial charge in [-0.1, -0.05) is 30.3 Å². The molecule has 1 aliphatic heterocycles. The first-order valence-electron chi connectivity index (χ1n) is 8.19. The first-order chi connectivity index (χ1) is 12.0. The summed E-state index contributed by atoms with van der Waals surface area (Å²) in [5, 5.41) is 6.31. The van der Waals surface area contributed by atoms with Crippen LogP contribution in [0, 0.1) is 0 Å². The maximum absolute atomic E-state index is 12.3. The molecule has 0 spiro atoms. The molecule has 0 aromatic heterocycles. The average molecular weight is 367 g/mol. The molecule has 0 bridgehead atoms. The molecule has 6 nitrogen and oxygen atoms in total. The van der Waals surface area contributed by atoms with Crippen molar-refractivity contribution < 1.29 is 19.1 Å². The van der Waals surface area contributed by atoms with E-state index >= 15 is 0 Å². The predicted molar refractivity (Wildman–Crippen MR) is 95.8 cm³/mol. The molecule has 1 heterocycles. The van der Waals surface area contributed by atoms with Crippen LogP contribution < -0.4 is 15.4 Å². The maximum Gasteiger partial charge on any atom is 0.328 e. The highest BCUT2D eigenvalue weighted by atomic mass is 35.5. The van der Waals surface area contributed by atoms with Crippen molar-refractivity contribution in [2.24, 2.45) is 0 Å². The number of hydrogen-bond acceptors (Lipinski definition) is 5. The number of methoxy groups -OCH3 is 1. The molecule has 1 amide bonds. The number of esters is 1. The van der Waals surface area contributed by atoms with Gasteiger partial charge in [-0.05, 0) is 37.1 Å². The number of ether oxygens (including phenoxy) is 2. The maximum atomic E-state index is 12.3. The van der Waals surface area contributed by atoms with Crippen molar-refractivity contribution in [3.63, 3.8) is 0 Å². The summed E-state index contributed by atoms with van der Waals surface area (Å²) >= 11 is 6.20. The first-order valence-corrected chi connectivity index (χ1v) is 8.56. The van der Waals surface area contributed by atoms with E-state index in [1.54, 1.807) is 24.3 Å². The highest BCUT2D eigenvalue weighted by Gasteiger charge is 2.28. The lowest BCUT2D eigenvalue weighted by Gasteiger charge is -2.19. The van der Waals surface area contributed by atoms with Crippen LogP contribution in [0.15, 0.2) is 30.9 Å². The van der Waals surface area contributed by atoms with Gasteiger partial charge in [0.25, 0.3) is 0 Å². The van der Waals surface area contributed by atoms with Crippen molar-refractivity contribution in [2.45, 2.75) is 31.3 Å². The Labute approximate surface area is 152 Å². The summed E-state index contributed by atoms with van der Waals surface area (Å²) in [7, 11) is 1.30. The average Bonchev–Trinajstić information content (AvgIpc) is 3.14. The van der Waals surface area contributed by atoms with Crippen LogP contribution in [0.5, 0.6) is 5.75 Å². The Morgan fingerprint density at radius 3 is 2.92 bits per heavy atom. The molecular formula is C18H23ClN2O4. The molecular weight excluding hydrogens is 344 g/mol.